The van der Waals surface area contributed by atoms with Gasteiger partial charge in [0.05, 0.1) is 17.8 Å². The van der Waals surface area contributed by atoms with E-state index in [4.69, 9.17) is 5.73 Å². The highest BCUT2D eigenvalue weighted by Crippen LogP contribution is 2.23. The van der Waals surface area contributed by atoms with Crippen molar-refractivity contribution in [3.05, 3.63) is 23.8 Å². The van der Waals surface area contributed by atoms with Gasteiger partial charge in [-0.3, -0.25) is 0 Å². The zero-order valence-electron chi connectivity index (χ0n) is 8.36. The summed E-state index contributed by atoms with van der Waals surface area (Å²) in [5.41, 5.74) is 7.60. The summed E-state index contributed by atoms with van der Waals surface area (Å²) in [6, 6.07) is 5.23. The molecule has 84 valence electrons. The lowest BCUT2D eigenvalue weighted by molar-refractivity contribution is -0.131. The second-order valence-corrected chi connectivity index (χ2v) is 3.33. The molecule has 15 heavy (non-hydrogen) atoms. The molecule has 1 rings (SSSR count). The molecule has 3 N–H and O–H groups in total. The van der Waals surface area contributed by atoms with Crippen LogP contribution in [0.2, 0.25) is 0 Å². The second kappa shape index (κ2) is 4.42. The molecule has 0 atom stereocenters. The summed E-state index contributed by atoms with van der Waals surface area (Å²) in [6.07, 6.45) is -4.99. The largest absolute Gasteiger partial charge is 0.397 e. The number of anilines is 2. The normalized spacial score (nSPS) is 11.5. The molecule has 0 aliphatic carbocycles. The molecule has 0 radical (unpaired) electrons. The lowest BCUT2D eigenvalue weighted by Gasteiger charge is -2.12. The number of benzene rings is 1. The maximum atomic E-state index is 11.9. The van der Waals surface area contributed by atoms with Crippen molar-refractivity contribution >= 4 is 11.4 Å². The van der Waals surface area contributed by atoms with E-state index in [2.05, 4.69) is 5.32 Å². The maximum absolute atomic E-state index is 11.9. The van der Waals surface area contributed by atoms with Gasteiger partial charge in [0.15, 0.2) is 0 Å². The number of rotatable bonds is 3. The Bertz CT molecular complexity index is 334. The van der Waals surface area contributed by atoms with E-state index < -0.39 is 12.6 Å². The van der Waals surface area contributed by atoms with E-state index in [0.29, 0.717) is 11.4 Å². The van der Waals surface area contributed by atoms with E-state index >= 15 is 0 Å². The highest BCUT2D eigenvalue weighted by atomic mass is 19.4. The van der Waals surface area contributed by atoms with Crippen LogP contribution >= 0.6 is 0 Å². The first-order chi connectivity index (χ1) is 6.90. The van der Waals surface area contributed by atoms with E-state index in [9.17, 15) is 13.2 Å². The highest BCUT2D eigenvalue weighted by Gasteiger charge is 2.26. The van der Waals surface area contributed by atoms with Crippen molar-refractivity contribution in [2.75, 3.05) is 17.6 Å². The highest BCUT2D eigenvalue weighted by molar-refractivity contribution is 5.69. The Hall–Kier alpha value is -1.39. The predicted molar refractivity (Wildman–Crippen MR) is 54.8 cm³/mol. The smallest absolute Gasteiger partial charge is 0.390 e. The Morgan fingerprint density at radius 2 is 2.00 bits per heavy atom. The molecular weight excluding hydrogens is 205 g/mol. The van der Waals surface area contributed by atoms with E-state index in [0.717, 1.165) is 5.56 Å². The average Bonchev–Trinajstić information content (AvgIpc) is 2.10. The van der Waals surface area contributed by atoms with Gasteiger partial charge in [0.25, 0.3) is 0 Å². The summed E-state index contributed by atoms with van der Waals surface area (Å²) in [6.45, 7) is 1.65. The fourth-order valence-electron chi connectivity index (χ4n) is 1.17. The first-order valence-corrected chi connectivity index (χ1v) is 4.56. The number of hydrogen-bond acceptors (Lipinski definition) is 2. The van der Waals surface area contributed by atoms with Crippen LogP contribution in [-0.4, -0.2) is 12.7 Å². The zero-order valence-corrected chi connectivity index (χ0v) is 8.36. The Labute approximate surface area is 86.3 Å². The Kier molecular flexibility index (Phi) is 3.44. The minimum absolute atomic E-state index is 0.156. The number of para-hydroxylation sites is 1. The zero-order chi connectivity index (χ0) is 11.5. The molecule has 0 spiro atoms. The van der Waals surface area contributed by atoms with Crippen LogP contribution in [0.5, 0.6) is 0 Å². The van der Waals surface area contributed by atoms with Crippen LogP contribution in [-0.2, 0) is 0 Å². The number of nitrogens with two attached hydrogens (primary N) is 1. The summed E-state index contributed by atoms with van der Waals surface area (Å²) in [7, 11) is 0. The molecule has 0 aliphatic heterocycles. The van der Waals surface area contributed by atoms with Gasteiger partial charge in [0, 0.05) is 6.54 Å². The predicted octanol–water partition coefficient (Wildman–Crippen LogP) is 2.94. The third-order valence-electron chi connectivity index (χ3n) is 2.05. The molecule has 2 nitrogen and oxygen atoms in total. The molecule has 0 aliphatic rings. The van der Waals surface area contributed by atoms with E-state index in [1.54, 1.807) is 12.1 Å². The summed E-state index contributed by atoms with van der Waals surface area (Å²) >= 11 is 0. The van der Waals surface area contributed by atoms with Crippen LogP contribution in [0.15, 0.2) is 18.2 Å². The molecular formula is C10H13F3N2. The molecule has 1 aromatic rings. The average molecular weight is 218 g/mol. The minimum atomic E-state index is -4.13. The summed E-state index contributed by atoms with van der Waals surface area (Å²) < 4.78 is 35.6. The van der Waals surface area contributed by atoms with Crippen LogP contribution in [0.25, 0.3) is 0 Å². The third-order valence-corrected chi connectivity index (χ3v) is 2.05. The monoisotopic (exact) mass is 218 g/mol. The molecule has 0 aromatic heterocycles. The lowest BCUT2D eigenvalue weighted by atomic mass is 10.1. The van der Waals surface area contributed by atoms with Gasteiger partial charge in [0.2, 0.25) is 0 Å². The number of nitrogens with one attached hydrogen (secondary N) is 1. The first kappa shape index (κ1) is 11.7. The number of aryl methyl sites for hydroxylation is 1. The number of hydrogen-bond donors (Lipinski definition) is 2. The third kappa shape index (κ3) is 3.69. The fourth-order valence-corrected chi connectivity index (χ4v) is 1.17. The van der Waals surface area contributed by atoms with Crippen molar-refractivity contribution in [3.63, 3.8) is 0 Å². The van der Waals surface area contributed by atoms with Gasteiger partial charge in [-0.15, -0.1) is 0 Å². The van der Waals surface area contributed by atoms with Crippen molar-refractivity contribution in [2.45, 2.75) is 19.5 Å². The van der Waals surface area contributed by atoms with Gasteiger partial charge in [0.1, 0.15) is 0 Å². The van der Waals surface area contributed by atoms with Crippen molar-refractivity contribution in [1.82, 2.24) is 0 Å². The fraction of sp³-hybridized carbons (Fsp3) is 0.400. The molecule has 0 saturated heterocycles. The van der Waals surface area contributed by atoms with Crippen LogP contribution in [0.1, 0.15) is 12.0 Å². The molecule has 0 amide bonds. The van der Waals surface area contributed by atoms with Gasteiger partial charge in [-0.1, -0.05) is 12.1 Å². The van der Waals surface area contributed by atoms with E-state index in [1.165, 1.54) is 0 Å². The van der Waals surface area contributed by atoms with Gasteiger partial charge in [-0.2, -0.15) is 13.2 Å². The molecule has 5 heteroatoms. The van der Waals surface area contributed by atoms with Gasteiger partial charge < -0.3 is 11.1 Å². The van der Waals surface area contributed by atoms with Gasteiger partial charge in [-0.05, 0) is 18.6 Å². The van der Waals surface area contributed by atoms with Gasteiger partial charge >= 0.3 is 6.18 Å². The van der Waals surface area contributed by atoms with Crippen molar-refractivity contribution in [2.24, 2.45) is 0 Å². The summed E-state index contributed by atoms with van der Waals surface area (Å²) in [5.74, 6) is 0. The van der Waals surface area contributed by atoms with E-state index in [1.807, 2.05) is 13.0 Å². The molecule has 0 unspecified atom stereocenters. The van der Waals surface area contributed by atoms with Crippen molar-refractivity contribution < 1.29 is 13.2 Å². The SMILES string of the molecule is Cc1cccc(NCCC(F)(F)F)c1N. The van der Waals surface area contributed by atoms with Crippen molar-refractivity contribution in [3.8, 4) is 0 Å². The Morgan fingerprint density at radius 3 is 2.60 bits per heavy atom. The lowest BCUT2D eigenvalue weighted by Crippen LogP contribution is -2.15. The van der Waals surface area contributed by atoms with Crippen LogP contribution in [0.3, 0.4) is 0 Å². The number of alkyl halides is 3. The quantitative estimate of drug-likeness (QED) is 0.765. The van der Waals surface area contributed by atoms with Gasteiger partial charge in [-0.25, -0.2) is 0 Å². The van der Waals surface area contributed by atoms with Crippen LogP contribution < -0.4 is 11.1 Å². The second-order valence-electron chi connectivity index (χ2n) is 3.33. The molecule has 0 heterocycles. The molecule has 0 saturated carbocycles. The maximum Gasteiger partial charge on any atom is 0.390 e. The Balaban J connectivity index is 2.55. The van der Waals surface area contributed by atoms with Crippen LogP contribution in [0.4, 0.5) is 24.5 Å². The summed E-state index contributed by atoms with van der Waals surface area (Å²) in [5, 5.41) is 2.67. The van der Waals surface area contributed by atoms with E-state index in [-0.39, 0.29) is 6.54 Å². The molecule has 1 aromatic carbocycles. The topological polar surface area (TPSA) is 38.0 Å². The Morgan fingerprint density at radius 1 is 1.33 bits per heavy atom. The first-order valence-electron chi connectivity index (χ1n) is 4.56. The standard InChI is InChI=1S/C10H13F3N2/c1-7-3-2-4-8(9(7)14)15-6-5-10(11,12)13/h2-4,15H,5-6,14H2,1H3. The minimum Gasteiger partial charge on any atom is -0.397 e. The molecule has 0 bridgehead atoms. The van der Waals surface area contributed by atoms with Crippen molar-refractivity contribution in [1.29, 1.82) is 0 Å². The number of halogens is 3. The summed E-state index contributed by atoms with van der Waals surface area (Å²) in [4.78, 5) is 0. The number of nitrogen functional groups attached to an aromatic ring is 1. The molecule has 0 fully saturated rings. The van der Waals surface area contributed by atoms with Crippen LogP contribution in [0, 0.1) is 6.92 Å².